The highest BCUT2D eigenvalue weighted by Gasteiger charge is 2.37. The third-order valence-corrected chi connectivity index (χ3v) is 13.0. The molecule has 3 aromatic heterocycles. The van der Waals surface area contributed by atoms with Gasteiger partial charge in [-0.25, -0.2) is 32.2 Å². The fourth-order valence-electron chi connectivity index (χ4n) is 8.75. The number of hydrogen-bond donors (Lipinski definition) is 2. The minimum absolute atomic E-state index is 0.193. The van der Waals surface area contributed by atoms with Crippen LogP contribution in [-0.2, 0) is 16.4 Å². The van der Waals surface area contributed by atoms with Crippen LogP contribution in [0.2, 0.25) is 0 Å². The lowest BCUT2D eigenvalue weighted by Gasteiger charge is -2.48. The Morgan fingerprint density at radius 3 is 2.46 bits per heavy atom. The number of fused-ring (bicyclic) bond motifs is 4. The first-order valence-electron chi connectivity index (χ1n) is 19.6. The highest BCUT2D eigenvalue weighted by Crippen LogP contribution is 2.42. The number of benzene rings is 3. The fraction of sp³-hybridized carbons (Fsp3) is 0.302. The summed E-state index contributed by atoms with van der Waals surface area (Å²) in [5, 5.41) is 5.78. The van der Waals surface area contributed by atoms with E-state index < -0.39 is 33.3 Å². The van der Waals surface area contributed by atoms with Crippen LogP contribution in [0.25, 0.3) is 28.3 Å². The number of methoxy groups -OCH3 is 1. The number of nitrogens with one attached hydrogen (secondary N) is 2. The van der Waals surface area contributed by atoms with Gasteiger partial charge in [-0.1, -0.05) is 24.3 Å². The molecule has 3 aromatic carbocycles. The number of piperazine rings is 1. The molecule has 3 aliphatic rings. The van der Waals surface area contributed by atoms with Crippen molar-refractivity contribution in [3.05, 3.63) is 114 Å². The molecular weight excluding hydrogens is 777 g/mol. The van der Waals surface area contributed by atoms with Crippen LogP contribution in [0.5, 0.6) is 5.75 Å². The van der Waals surface area contributed by atoms with E-state index in [-0.39, 0.29) is 5.56 Å². The predicted molar refractivity (Wildman–Crippen MR) is 223 cm³/mol. The Labute approximate surface area is 340 Å². The fourth-order valence-corrected chi connectivity index (χ4v) is 9.57. The van der Waals surface area contributed by atoms with E-state index in [1.54, 1.807) is 41.9 Å². The molecule has 304 valence electrons. The number of carbonyl (C=O) groups is 1. The molecule has 2 fully saturated rings. The maximum Gasteiger partial charge on any atom is 0.255 e. The zero-order chi connectivity index (χ0) is 40.8. The Morgan fingerprint density at radius 1 is 0.881 bits per heavy atom. The molecule has 13 nitrogen and oxygen atoms in total. The lowest BCUT2D eigenvalue weighted by molar-refractivity contribution is 0.102. The van der Waals surface area contributed by atoms with Crippen molar-refractivity contribution in [2.45, 2.75) is 37.8 Å². The van der Waals surface area contributed by atoms with E-state index in [9.17, 15) is 22.0 Å². The van der Waals surface area contributed by atoms with Gasteiger partial charge in [0, 0.05) is 80.1 Å². The zero-order valence-electron chi connectivity index (χ0n) is 32.6. The summed E-state index contributed by atoms with van der Waals surface area (Å²) in [6.45, 7) is 3.53. The van der Waals surface area contributed by atoms with Gasteiger partial charge in [0.05, 0.1) is 36.1 Å². The molecule has 2 N–H and O–H groups in total. The number of nitrogens with zero attached hydrogens (tertiary/aromatic N) is 7. The Balaban J connectivity index is 0.963. The predicted octanol–water partition coefficient (Wildman–Crippen LogP) is 6.60. The monoisotopic (exact) mass is 819 g/mol. The molecule has 2 unspecified atom stereocenters. The molecule has 0 saturated carbocycles. The highest BCUT2D eigenvalue weighted by molar-refractivity contribution is 7.88. The molecule has 6 aromatic rings. The second kappa shape index (κ2) is 15.7. The van der Waals surface area contributed by atoms with Gasteiger partial charge >= 0.3 is 0 Å². The van der Waals surface area contributed by atoms with Crippen molar-refractivity contribution in [1.82, 2.24) is 28.6 Å². The molecular formula is C43H43F2N9O4S. The molecule has 0 aliphatic carbocycles. The number of sulfonamides is 1. The normalized spacial score (nSPS) is 18.6. The van der Waals surface area contributed by atoms with Crippen molar-refractivity contribution in [2.24, 2.45) is 0 Å². The van der Waals surface area contributed by atoms with Crippen LogP contribution >= 0.6 is 0 Å². The third kappa shape index (κ3) is 7.59. The average molecular weight is 820 g/mol. The number of carbonyl (C=O) groups excluding carboxylic acids is 1. The number of piperidine rings is 1. The van der Waals surface area contributed by atoms with Crippen molar-refractivity contribution >= 4 is 44.6 Å². The Bertz CT molecular complexity index is 2670. The number of ether oxygens (including phenoxy) is 1. The van der Waals surface area contributed by atoms with Gasteiger partial charge in [0.25, 0.3) is 5.91 Å². The summed E-state index contributed by atoms with van der Waals surface area (Å²) >= 11 is 0. The quantitative estimate of drug-likeness (QED) is 0.164. The topological polar surface area (TPSA) is 137 Å². The summed E-state index contributed by atoms with van der Waals surface area (Å²) in [4.78, 5) is 32.7. The molecule has 0 radical (unpaired) electrons. The SMILES string of the molecule is COc1cc2c(cc1Nc1nccc(-c3c(-c4cccc(C(=O)Nc5c(F)cccc5F)c4)nc4ccccn34)n1)CCC1CC(N3CCN(S(C)(=O)=O)CC3)CCN21. The maximum atomic E-state index is 14.4. The zero-order valence-corrected chi connectivity index (χ0v) is 33.4. The summed E-state index contributed by atoms with van der Waals surface area (Å²) in [5.74, 6) is -1.40. The molecule has 2 saturated heterocycles. The van der Waals surface area contributed by atoms with Gasteiger partial charge < -0.3 is 20.3 Å². The number of aryl methyl sites for hydroxylation is 1. The van der Waals surface area contributed by atoms with Crippen LogP contribution in [-0.4, -0.2) is 101 Å². The molecule has 59 heavy (non-hydrogen) atoms. The summed E-state index contributed by atoms with van der Waals surface area (Å²) in [5.41, 5.74) is 5.84. The van der Waals surface area contributed by atoms with Crippen LogP contribution < -0.4 is 20.3 Å². The number of aromatic nitrogens is 4. The molecule has 0 spiro atoms. The van der Waals surface area contributed by atoms with E-state index in [1.807, 2.05) is 34.9 Å². The summed E-state index contributed by atoms with van der Waals surface area (Å²) < 4.78 is 62.3. The third-order valence-electron chi connectivity index (χ3n) is 11.7. The van der Waals surface area contributed by atoms with E-state index in [4.69, 9.17) is 14.7 Å². The first-order chi connectivity index (χ1) is 28.5. The maximum absolute atomic E-state index is 14.4. The van der Waals surface area contributed by atoms with Crippen LogP contribution in [0.3, 0.4) is 0 Å². The molecule has 3 aliphatic heterocycles. The Hall–Kier alpha value is -5.97. The van der Waals surface area contributed by atoms with Gasteiger partial charge in [0.1, 0.15) is 28.7 Å². The lowest BCUT2D eigenvalue weighted by atomic mass is 9.86. The number of imidazole rings is 1. The molecule has 0 bridgehead atoms. The molecule has 6 heterocycles. The van der Waals surface area contributed by atoms with Crippen molar-refractivity contribution in [3.8, 4) is 28.4 Å². The van der Waals surface area contributed by atoms with E-state index in [0.29, 0.717) is 65.2 Å². The molecule has 1 amide bonds. The van der Waals surface area contributed by atoms with Gasteiger partial charge in [-0.3, -0.25) is 14.1 Å². The lowest BCUT2D eigenvalue weighted by Crippen LogP contribution is -2.56. The Kier molecular flexibility index (Phi) is 10.2. The van der Waals surface area contributed by atoms with Crippen LogP contribution in [0, 0.1) is 11.6 Å². The average Bonchev–Trinajstić information content (AvgIpc) is 3.64. The first kappa shape index (κ1) is 38.5. The molecule has 16 heteroatoms. The number of amides is 1. The summed E-state index contributed by atoms with van der Waals surface area (Å²) in [7, 11) is -1.52. The van der Waals surface area contributed by atoms with E-state index >= 15 is 0 Å². The standard InChI is InChI=1S/C43H43F2N9O4S/c1-58-37-26-36-27(12-13-31-25-30(15-18-53(31)36)51-19-21-52(22-20-51)59(2,56)57)24-35(37)48-43-46-16-14-34(47-43)41-39(49-38-11-3-4-17-54(38)41)28-7-5-8-29(23-28)42(55)50-40-32(44)9-6-10-33(40)45/h3-11,14,16-17,23-24,26,30-31H,12-13,15,18-22,25H2,1-2H3,(H,50,55)(H,46,47,48). The van der Waals surface area contributed by atoms with E-state index in [2.05, 4.69) is 37.6 Å². The minimum atomic E-state index is -3.17. The number of pyridine rings is 1. The summed E-state index contributed by atoms with van der Waals surface area (Å²) in [6.07, 6.45) is 8.81. The van der Waals surface area contributed by atoms with Crippen LogP contribution in [0.4, 0.5) is 31.8 Å². The van der Waals surface area contributed by atoms with Crippen LogP contribution in [0.1, 0.15) is 35.2 Å². The van der Waals surface area contributed by atoms with E-state index in [1.165, 1.54) is 23.6 Å². The largest absolute Gasteiger partial charge is 0.494 e. The number of rotatable bonds is 9. The van der Waals surface area contributed by atoms with Crippen molar-refractivity contribution in [1.29, 1.82) is 0 Å². The Morgan fingerprint density at radius 2 is 1.68 bits per heavy atom. The first-order valence-corrected chi connectivity index (χ1v) is 21.5. The van der Waals surface area contributed by atoms with Crippen molar-refractivity contribution in [3.63, 3.8) is 0 Å². The van der Waals surface area contributed by atoms with Crippen molar-refractivity contribution in [2.75, 3.05) is 61.6 Å². The summed E-state index contributed by atoms with van der Waals surface area (Å²) in [6, 6.07) is 22.6. The number of halogens is 2. The van der Waals surface area contributed by atoms with Gasteiger partial charge in [-0.05, 0) is 79.8 Å². The number of hydrogen-bond acceptors (Lipinski definition) is 10. The van der Waals surface area contributed by atoms with Crippen molar-refractivity contribution < 1.29 is 26.7 Å². The van der Waals surface area contributed by atoms with Gasteiger partial charge in [-0.2, -0.15) is 4.31 Å². The molecule has 9 rings (SSSR count). The second-order valence-corrected chi connectivity index (χ2v) is 17.2. The van der Waals surface area contributed by atoms with Crippen LogP contribution in [0.15, 0.2) is 91.3 Å². The second-order valence-electron chi connectivity index (χ2n) is 15.2. The smallest absolute Gasteiger partial charge is 0.255 e. The van der Waals surface area contributed by atoms with Gasteiger partial charge in [0.15, 0.2) is 0 Å². The number of para-hydroxylation sites is 1. The number of anilines is 4. The molecule has 2 atom stereocenters. The van der Waals surface area contributed by atoms with Gasteiger partial charge in [0.2, 0.25) is 16.0 Å². The van der Waals surface area contributed by atoms with E-state index in [0.717, 1.165) is 63.1 Å². The van der Waals surface area contributed by atoms with Gasteiger partial charge in [-0.15, -0.1) is 0 Å². The minimum Gasteiger partial charge on any atom is -0.494 e. The highest BCUT2D eigenvalue weighted by atomic mass is 32.2.